The van der Waals surface area contributed by atoms with Crippen molar-refractivity contribution in [2.24, 2.45) is 15.9 Å². The van der Waals surface area contributed by atoms with E-state index in [0.717, 1.165) is 68.6 Å². The Morgan fingerprint density at radius 1 is 0.550 bits per heavy atom. The molecule has 0 radical (unpaired) electrons. The van der Waals surface area contributed by atoms with Crippen LogP contribution >= 0.6 is 0 Å². The number of aliphatic imine (C=N–C) groups is 2. The monoisotopic (exact) mass is 772 g/mol. The number of allylic oxidation sites excluding steroid dienone is 5. The van der Waals surface area contributed by atoms with Crippen molar-refractivity contribution in [3.8, 4) is 5.69 Å². The lowest BCUT2D eigenvalue weighted by Gasteiger charge is -2.18. The highest BCUT2D eigenvalue weighted by Gasteiger charge is 2.26. The van der Waals surface area contributed by atoms with Gasteiger partial charge in [-0.2, -0.15) is 0 Å². The van der Waals surface area contributed by atoms with E-state index in [-0.39, 0.29) is 5.92 Å². The van der Waals surface area contributed by atoms with Crippen LogP contribution in [0, 0.1) is 5.92 Å². The van der Waals surface area contributed by atoms with Crippen LogP contribution < -0.4 is 0 Å². The number of nitrogens with zero attached hydrogens (tertiary/aromatic N) is 4. The number of hydrogen-bond donors (Lipinski definition) is 0. The smallest absolute Gasteiger partial charge is 0.160 e. The van der Waals surface area contributed by atoms with Gasteiger partial charge in [0.2, 0.25) is 0 Å². The molecule has 3 aromatic heterocycles. The molecule has 4 heterocycles. The molecule has 0 saturated carbocycles. The maximum absolute atomic E-state index is 6.23. The average molecular weight is 773 g/mol. The zero-order valence-corrected chi connectivity index (χ0v) is 33.4. The number of aromatic nitrogens is 2. The van der Waals surface area contributed by atoms with E-state index >= 15 is 0 Å². The molecule has 0 bridgehead atoms. The molecule has 12 rings (SSSR count). The summed E-state index contributed by atoms with van der Waals surface area (Å²) in [4.78, 5) is 11.0. The van der Waals surface area contributed by atoms with Gasteiger partial charge < -0.3 is 13.6 Å². The quantitative estimate of drug-likeness (QED) is 0.172. The van der Waals surface area contributed by atoms with Gasteiger partial charge in [0.1, 0.15) is 11.2 Å². The van der Waals surface area contributed by atoms with Crippen molar-refractivity contribution in [2.75, 3.05) is 0 Å². The van der Waals surface area contributed by atoms with Crippen molar-refractivity contribution >= 4 is 88.5 Å². The van der Waals surface area contributed by atoms with E-state index in [9.17, 15) is 0 Å². The van der Waals surface area contributed by atoms with Crippen LogP contribution in [0.5, 0.6) is 0 Å². The van der Waals surface area contributed by atoms with Crippen LogP contribution in [0.1, 0.15) is 43.4 Å². The number of para-hydroxylation sites is 3. The Labute approximate surface area is 347 Å². The van der Waals surface area contributed by atoms with Gasteiger partial charge >= 0.3 is 0 Å². The summed E-state index contributed by atoms with van der Waals surface area (Å²) in [5.74, 6) is 0.664. The second-order valence-electron chi connectivity index (χ2n) is 16.1. The maximum Gasteiger partial charge on any atom is 0.160 e. The first-order valence-corrected chi connectivity index (χ1v) is 20.9. The Morgan fingerprint density at radius 2 is 1.28 bits per heavy atom. The van der Waals surface area contributed by atoms with Crippen LogP contribution in [-0.2, 0) is 0 Å². The molecular formula is C55H40N4O. The predicted molar refractivity (Wildman–Crippen MR) is 251 cm³/mol. The number of benzene rings is 7. The van der Waals surface area contributed by atoms with Crippen LogP contribution in [-0.4, -0.2) is 20.7 Å². The first kappa shape index (κ1) is 34.5. The lowest BCUT2D eigenvalue weighted by atomic mass is 9.89. The topological polar surface area (TPSA) is 47.7 Å². The van der Waals surface area contributed by atoms with Gasteiger partial charge in [0.05, 0.1) is 33.5 Å². The van der Waals surface area contributed by atoms with Crippen molar-refractivity contribution in [3.63, 3.8) is 0 Å². The van der Waals surface area contributed by atoms with E-state index in [1.54, 1.807) is 0 Å². The Balaban J connectivity index is 1.09. The number of rotatable bonds is 5. The van der Waals surface area contributed by atoms with Gasteiger partial charge in [0.25, 0.3) is 0 Å². The molecule has 2 aliphatic rings. The van der Waals surface area contributed by atoms with E-state index in [0.29, 0.717) is 5.84 Å². The second-order valence-corrected chi connectivity index (χ2v) is 16.1. The molecule has 1 aliphatic heterocycles. The van der Waals surface area contributed by atoms with Gasteiger partial charge in [-0.05, 0) is 91.6 Å². The number of amidine groups is 1. The fourth-order valence-electron chi connectivity index (χ4n) is 9.66. The third-order valence-electron chi connectivity index (χ3n) is 12.7. The van der Waals surface area contributed by atoms with Crippen molar-refractivity contribution in [2.45, 2.75) is 26.7 Å². The normalized spacial score (nSPS) is 16.0. The average Bonchev–Trinajstić information content (AvgIpc) is 3.94. The first-order valence-electron chi connectivity index (χ1n) is 20.9. The van der Waals surface area contributed by atoms with Gasteiger partial charge in [-0.25, -0.2) is 9.98 Å². The zero-order chi connectivity index (χ0) is 39.9. The Hall–Kier alpha value is -7.50. The molecule has 7 aromatic carbocycles. The van der Waals surface area contributed by atoms with Crippen LogP contribution in [0.15, 0.2) is 196 Å². The summed E-state index contributed by atoms with van der Waals surface area (Å²) in [6.45, 7) is 4.48. The molecule has 60 heavy (non-hydrogen) atoms. The van der Waals surface area contributed by atoms with E-state index in [2.05, 4.69) is 187 Å². The molecule has 0 amide bonds. The molecule has 5 nitrogen and oxygen atoms in total. The first-order chi connectivity index (χ1) is 29.6. The fraction of sp³-hybridized carbons (Fsp3) is 0.0909. The van der Waals surface area contributed by atoms with Crippen molar-refractivity contribution in [3.05, 3.63) is 198 Å². The Kier molecular flexibility index (Phi) is 7.79. The number of furan rings is 1. The molecule has 1 unspecified atom stereocenters. The molecule has 0 fully saturated rings. The fourth-order valence-corrected chi connectivity index (χ4v) is 9.66. The van der Waals surface area contributed by atoms with Crippen molar-refractivity contribution in [1.82, 2.24) is 9.13 Å². The third-order valence-corrected chi connectivity index (χ3v) is 12.7. The number of hydrogen-bond acceptors (Lipinski definition) is 3. The van der Waals surface area contributed by atoms with E-state index in [1.807, 2.05) is 12.1 Å². The van der Waals surface area contributed by atoms with Crippen LogP contribution in [0.4, 0.5) is 0 Å². The zero-order valence-electron chi connectivity index (χ0n) is 33.4. The molecule has 0 spiro atoms. The molecule has 1 aliphatic carbocycles. The third kappa shape index (κ3) is 5.25. The van der Waals surface area contributed by atoms with Gasteiger partial charge in [-0.3, -0.25) is 0 Å². The summed E-state index contributed by atoms with van der Waals surface area (Å²) < 4.78 is 11.2. The van der Waals surface area contributed by atoms with Gasteiger partial charge in [0, 0.05) is 60.7 Å². The highest BCUT2D eigenvalue weighted by molar-refractivity contribution is 6.27. The van der Waals surface area contributed by atoms with Crippen LogP contribution in [0.3, 0.4) is 0 Å². The maximum atomic E-state index is 6.23. The molecule has 286 valence electrons. The second kappa shape index (κ2) is 13.5. The molecule has 5 heteroatoms. The summed E-state index contributed by atoms with van der Waals surface area (Å²) in [5.41, 5.74) is 15.1. The molecular weight excluding hydrogens is 733 g/mol. The highest BCUT2D eigenvalue weighted by atomic mass is 16.3. The summed E-state index contributed by atoms with van der Waals surface area (Å²) in [7, 11) is 0. The Bertz CT molecular complexity index is 3570. The Morgan fingerprint density at radius 3 is 2.12 bits per heavy atom. The minimum absolute atomic E-state index is 0.0187. The SMILES string of the molecule is CC1=C(c2ccccc2)N=C(c2ccc3oc4ccccc4c3c2)N=C(c2cccc(-n3c4ccccc4c4ccc5c(c6ccccc6n5C5=CCCC=C5)c43)c2)C1C. The van der Waals surface area contributed by atoms with E-state index in [1.165, 1.54) is 54.9 Å². The van der Waals surface area contributed by atoms with E-state index in [4.69, 9.17) is 14.4 Å². The summed E-state index contributed by atoms with van der Waals surface area (Å²) in [6.07, 6.45) is 9.06. The largest absolute Gasteiger partial charge is 0.456 e. The molecule has 0 saturated heterocycles. The standard InChI is InChI=1S/C55H40N4O/c1-34-35(2)53(57-55(56-52(34)36-16-5-3-6-17-36)38-28-31-50-45(33-38)42-23-11-14-27-49(42)60-50)37-18-15-21-40(32-37)59-46-25-12-9-22-41(46)43-29-30-48-51(54(43)59)44-24-10-13-26-47(44)58(48)39-19-7-4-8-20-39/h3,5-7,9-33,35H,4,8H2,1-2H3. The minimum Gasteiger partial charge on any atom is -0.456 e. The van der Waals surface area contributed by atoms with E-state index < -0.39 is 0 Å². The minimum atomic E-state index is -0.0187. The molecule has 1 atom stereocenters. The summed E-state index contributed by atoms with van der Waals surface area (Å²) in [6, 6.07) is 56.3. The van der Waals surface area contributed by atoms with Crippen LogP contribution in [0.25, 0.3) is 82.6 Å². The van der Waals surface area contributed by atoms with Crippen LogP contribution in [0.2, 0.25) is 0 Å². The van der Waals surface area contributed by atoms with Gasteiger partial charge in [-0.1, -0.05) is 122 Å². The van der Waals surface area contributed by atoms with Gasteiger partial charge in [-0.15, -0.1) is 0 Å². The lowest BCUT2D eigenvalue weighted by Crippen LogP contribution is -2.16. The summed E-state index contributed by atoms with van der Waals surface area (Å²) in [5, 5.41) is 7.11. The highest BCUT2D eigenvalue weighted by Crippen LogP contribution is 2.43. The van der Waals surface area contributed by atoms with Gasteiger partial charge in [0.15, 0.2) is 5.84 Å². The van der Waals surface area contributed by atoms with Crippen molar-refractivity contribution < 1.29 is 4.42 Å². The van der Waals surface area contributed by atoms with Crippen molar-refractivity contribution in [1.29, 1.82) is 0 Å². The predicted octanol–water partition coefficient (Wildman–Crippen LogP) is 14.3. The summed E-state index contributed by atoms with van der Waals surface area (Å²) >= 11 is 0. The lowest BCUT2D eigenvalue weighted by molar-refractivity contribution is 0.669. The molecule has 0 N–H and O–H groups in total. The number of fused-ring (bicyclic) bond motifs is 10. The molecule has 10 aromatic rings.